The molecule has 3 rings (SSSR count). The van der Waals surface area contributed by atoms with Crippen LogP contribution in [0, 0.1) is 12.7 Å². The smallest absolute Gasteiger partial charge is 0.243 e. The monoisotopic (exact) mass is 447 g/mol. The Balaban J connectivity index is 1.66. The number of piperazine rings is 1. The van der Waals surface area contributed by atoms with Crippen molar-refractivity contribution in [1.82, 2.24) is 19.8 Å². The van der Waals surface area contributed by atoms with Gasteiger partial charge in [-0.05, 0) is 42.8 Å². The molecule has 0 spiro atoms. The van der Waals surface area contributed by atoms with Crippen molar-refractivity contribution in [2.45, 2.75) is 24.9 Å². The molecule has 1 fully saturated rings. The highest BCUT2D eigenvalue weighted by Gasteiger charge is 2.29. The highest BCUT2D eigenvalue weighted by atomic mass is 32.2. The van der Waals surface area contributed by atoms with Gasteiger partial charge in [-0.25, -0.2) is 12.8 Å². The van der Waals surface area contributed by atoms with Crippen LogP contribution in [0.3, 0.4) is 0 Å². The number of sulfonamides is 1. The maximum atomic E-state index is 13.4. The standard InChI is InChI=1S/C22H30FN5O2S/c1-17-14-18(8-9-20(17)23)15-25-22(24-2)26-16-19-6-4-5-7-21(19)31(29,30)28-12-10-27(3)11-13-28/h4-9,14H,10-13,15-16H2,1-3H3,(H2,24,25,26). The average molecular weight is 448 g/mol. The molecule has 0 bridgehead atoms. The SMILES string of the molecule is CN=C(NCc1ccc(F)c(C)c1)NCc1ccccc1S(=O)(=O)N1CCN(C)CC1. The topological polar surface area (TPSA) is 77.0 Å². The summed E-state index contributed by atoms with van der Waals surface area (Å²) >= 11 is 0. The zero-order chi connectivity index (χ0) is 22.4. The Bertz CT molecular complexity index is 1030. The fourth-order valence-corrected chi connectivity index (χ4v) is 5.12. The zero-order valence-corrected chi connectivity index (χ0v) is 19.0. The molecule has 0 aromatic heterocycles. The highest BCUT2D eigenvalue weighted by molar-refractivity contribution is 7.89. The largest absolute Gasteiger partial charge is 0.352 e. The van der Waals surface area contributed by atoms with E-state index in [0.29, 0.717) is 48.2 Å². The molecule has 2 aromatic carbocycles. The molecule has 1 saturated heterocycles. The number of hydrogen-bond acceptors (Lipinski definition) is 4. The molecule has 0 amide bonds. The van der Waals surface area contributed by atoms with E-state index in [1.165, 1.54) is 6.07 Å². The lowest BCUT2D eigenvalue weighted by atomic mass is 10.1. The van der Waals surface area contributed by atoms with Crippen molar-refractivity contribution in [2.75, 3.05) is 40.3 Å². The van der Waals surface area contributed by atoms with Gasteiger partial charge in [-0.15, -0.1) is 0 Å². The van der Waals surface area contributed by atoms with Gasteiger partial charge in [-0.2, -0.15) is 4.31 Å². The van der Waals surface area contributed by atoms with Gasteiger partial charge in [0.25, 0.3) is 0 Å². The summed E-state index contributed by atoms with van der Waals surface area (Å²) in [6.45, 7) is 4.93. The van der Waals surface area contributed by atoms with Gasteiger partial charge in [-0.1, -0.05) is 30.3 Å². The van der Waals surface area contributed by atoms with E-state index in [1.54, 1.807) is 42.5 Å². The van der Waals surface area contributed by atoms with Crippen molar-refractivity contribution in [3.8, 4) is 0 Å². The predicted octanol–water partition coefficient (Wildman–Crippen LogP) is 1.94. The lowest BCUT2D eigenvalue weighted by molar-refractivity contribution is 0.222. The molecule has 1 aliphatic rings. The molecule has 2 aromatic rings. The first kappa shape index (κ1) is 23.2. The second-order valence-corrected chi connectivity index (χ2v) is 9.58. The van der Waals surface area contributed by atoms with Crippen LogP contribution in [0.5, 0.6) is 0 Å². The molecule has 1 aliphatic heterocycles. The maximum absolute atomic E-state index is 13.4. The summed E-state index contributed by atoms with van der Waals surface area (Å²) in [5.41, 5.74) is 2.20. The van der Waals surface area contributed by atoms with Crippen molar-refractivity contribution in [3.63, 3.8) is 0 Å². The van der Waals surface area contributed by atoms with E-state index in [2.05, 4.69) is 20.5 Å². The van der Waals surface area contributed by atoms with Gasteiger partial charge in [0.2, 0.25) is 10.0 Å². The number of benzene rings is 2. The Morgan fingerprint density at radius 2 is 1.74 bits per heavy atom. The van der Waals surface area contributed by atoms with Crippen molar-refractivity contribution >= 4 is 16.0 Å². The highest BCUT2D eigenvalue weighted by Crippen LogP contribution is 2.21. The maximum Gasteiger partial charge on any atom is 0.243 e. The van der Waals surface area contributed by atoms with Crippen LogP contribution >= 0.6 is 0 Å². The number of hydrogen-bond donors (Lipinski definition) is 2. The van der Waals surface area contributed by atoms with E-state index < -0.39 is 10.0 Å². The van der Waals surface area contributed by atoms with E-state index >= 15 is 0 Å². The lowest BCUT2D eigenvalue weighted by Crippen LogP contribution is -2.47. The fraction of sp³-hybridized carbons (Fsp3) is 0.409. The number of guanidine groups is 1. The summed E-state index contributed by atoms with van der Waals surface area (Å²) in [7, 11) is 0.0807. The Hall–Kier alpha value is -2.49. The number of rotatable bonds is 6. The van der Waals surface area contributed by atoms with Crippen LogP contribution in [0.15, 0.2) is 52.4 Å². The quantitative estimate of drug-likeness (QED) is 0.523. The number of aliphatic imine (C=N–C) groups is 1. The normalized spacial score (nSPS) is 16.3. The van der Waals surface area contributed by atoms with Gasteiger partial charge in [0.15, 0.2) is 5.96 Å². The third kappa shape index (κ3) is 5.81. The average Bonchev–Trinajstić information content (AvgIpc) is 2.76. The van der Waals surface area contributed by atoms with Crippen molar-refractivity contribution in [1.29, 1.82) is 0 Å². The molecule has 31 heavy (non-hydrogen) atoms. The third-order valence-corrected chi connectivity index (χ3v) is 7.40. The molecule has 0 radical (unpaired) electrons. The van der Waals surface area contributed by atoms with E-state index in [-0.39, 0.29) is 5.82 Å². The minimum atomic E-state index is -3.56. The molecule has 0 saturated carbocycles. The predicted molar refractivity (Wildman–Crippen MR) is 121 cm³/mol. The summed E-state index contributed by atoms with van der Waals surface area (Å²) in [6.07, 6.45) is 0. The molecule has 168 valence electrons. The van der Waals surface area contributed by atoms with Gasteiger partial charge in [0.1, 0.15) is 5.82 Å². The van der Waals surface area contributed by atoms with Crippen LogP contribution in [-0.2, 0) is 23.1 Å². The second kappa shape index (κ2) is 10.2. The van der Waals surface area contributed by atoms with E-state index in [4.69, 9.17) is 0 Å². The van der Waals surface area contributed by atoms with E-state index in [1.807, 2.05) is 19.2 Å². The number of likely N-dealkylation sites (N-methyl/N-ethyl adjacent to an activating group) is 1. The molecule has 2 N–H and O–H groups in total. The van der Waals surface area contributed by atoms with Crippen LogP contribution in [0.2, 0.25) is 0 Å². The first-order chi connectivity index (χ1) is 14.8. The Labute approximate surface area is 184 Å². The summed E-state index contributed by atoms with van der Waals surface area (Å²) < 4.78 is 41.4. The van der Waals surface area contributed by atoms with Gasteiger partial charge in [0.05, 0.1) is 4.90 Å². The third-order valence-electron chi connectivity index (χ3n) is 5.40. The lowest BCUT2D eigenvalue weighted by Gasteiger charge is -2.32. The molecule has 7 nitrogen and oxygen atoms in total. The molecule has 1 heterocycles. The number of nitrogens with one attached hydrogen (secondary N) is 2. The molecule has 9 heteroatoms. The van der Waals surface area contributed by atoms with Gasteiger partial charge >= 0.3 is 0 Å². The number of aryl methyl sites for hydroxylation is 1. The van der Waals surface area contributed by atoms with E-state index in [0.717, 1.165) is 18.7 Å². The number of halogens is 1. The summed E-state index contributed by atoms with van der Waals surface area (Å²) in [6, 6.07) is 12.0. The van der Waals surface area contributed by atoms with Crippen LogP contribution < -0.4 is 10.6 Å². The second-order valence-electron chi connectivity index (χ2n) is 7.68. The Kier molecular flexibility index (Phi) is 7.64. The molecule has 0 unspecified atom stereocenters. The Morgan fingerprint density at radius 3 is 2.42 bits per heavy atom. The minimum Gasteiger partial charge on any atom is -0.352 e. The van der Waals surface area contributed by atoms with Crippen LogP contribution in [-0.4, -0.2) is 63.9 Å². The van der Waals surface area contributed by atoms with Crippen molar-refractivity contribution in [2.24, 2.45) is 4.99 Å². The summed E-state index contributed by atoms with van der Waals surface area (Å²) in [4.78, 5) is 6.64. The minimum absolute atomic E-state index is 0.232. The van der Waals surface area contributed by atoms with Crippen LogP contribution in [0.25, 0.3) is 0 Å². The first-order valence-electron chi connectivity index (χ1n) is 10.3. The summed E-state index contributed by atoms with van der Waals surface area (Å²) in [5, 5.41) is 6.36. The van der Waals surface area contributed by atoms with Crippen LogP contribution in [0.4, 0.5) is 4.39 Å². The Morgan fingerprint density at radius 1 is 1.06 bits per heavy atom. The van der Waals surface area contributed by atoms with Crippen molar-refractivity contribution in [3.05, 3.63) is 65.0 Å². The summed E-state index contributed by atoms with van der Waals surface area (Å²) in [5.74, 6) is 0.304. The zero-order valence-electron chi connectivity index (χ0n) is 18.2. The van der Waals surface area contributed by atoms with E-state index in [9.17, 15) is 12.8 Å². The molecule has 0 atom stereocenters. The molecular formula is C22H30FN5O2S. The van der Waals surface area contributed by atoms with Crippen LogP contribution in [0.1, 0.15) is 16.7 Å². The van der Waals surface area contributed by atoms with Gasteiger partial charge < -0.3 is 15.5 Å². The molecular weight excluding hydrogens is 417 g/mol. The fourth-order valence-electron chi connectivity index (χ4n) is 3.47. The van der Waals surface area contributed by atoms with Gasteiger partial charge in [-0.3, -0.25) is 4.99 Å². The number of nitrogens with zero attached hydrogens (tertiary/aromatic N) is 3. The first-order valence-corrected chi connectivity index (χ1v) is 11.7. The molecule has 0 aliphatic carbocycles. The van der Waals surface area contributed by atoms with Crippen molar-refractivity contribution < 1.29 is 12.8 Å². The van der Waals surface area contributed by atoms with Gasteiger partial charge in [0, 0.05) is 46.3 Å².